The number of nitrogens with two attached hydrogens (primary N) is 1. The standard InChI is InChI=1S/C17H26N2O3/c1-16(2,3)22-15(20)19-14-11-12(21-4)7-8-13(14)17(18)9-5-6-10-17/h7-8,11H,5-6,9-10,18H2,1-4H3,(H,19,20). The normalized spacial score (nSPS) is 17.1. The zero-order valence-electron chi connectivity index (χ0n) is 13.9. The summed E-state index contributed by atoms with van der Waals surface area (Å²) in [6.07, 6.45) is 3.57. The van der Waals surface area contributed by atoms with Crippen LogP contribution in [0.1, 0.15) is 52.0 Å². The van der Waals surface area contributed by atoms with Gasteiger partial charge in [0.05, 0.1) is 12.8 Å². The molecule has 0 aliphatic heterocycles. The van der Waals surface area contributed by atoms with E-state index in [0.29, 0.717) is 11.4 Å². The van der Waals surface area contributed by atoms with Crippen LogP contribution in [0.5, 0.6) is 5.75 Å². The van der Waals surface area contributed by atoms with Crippen LogP contribution in [0.2, 0.25) is 0 Å². The molecular formula is C17H26N2O3. The number of ether oxygens (including phenoxy) is 2. The third kappa shape index (κ3) is 3.91. The van der Waals surface area contributed by atoms with Gasteiger partial charge in [0.1, 0.15) is 11.4 Å². The number of hydrogen-bond acceptors (Lipinski definition) is 4. The molecule has 5 nitrogen and oxygen atoms in total. The molecule has 0 bridgehead atoms. The number of amides is 1. The Bertz CT molecular complexity index is 543. The van der Waals surface area contributed by atoms with Crippen LogP contribution in [-0.2, 0) is 10.3 Å². The van der Waals surface area contributed by atoms with E-state index in [0.717, 1.165) is 31.2 Å². The number of nitrogens with one attached hydrogen (secondary N) is 1. The van der Waals surface area contributed by atoms with Crippen LogP contribution >= 0.6 is 0 Å². The Balaban J connectivity index is 2.29. The lowest BCUT2D eigenvalue weighted by Crippen LogP contribution is -2.35. The highest BCUT2D eigenvalue weighted by Gasteiger charge is 2.34. The number of methoxy groups -OCH3 is 1. The molecule has 2 rings (SSSR count). The van der Waals surface area contributed by atoms with Gasteiger partial charge in [-0.05, 0) is 45.2 Å². The molecule has 0 saturated heterocycles. The predicted octanol–water partition coefficient (Wildman–Crippen LogP) is 3.77. The lowest BCUT2D eigenvalue weighted by atomic mass is 9.88. The van der Waals surface area contributed by atoms with Gasteiger partial charge in [-0.25, -0.2) is 4.79 Å². The summed E-state index contributed by atoms with van der Waals surface area (Å²) in [6, 6.07) is 5.62. The van der Waals surface area contributed by atoms with Crippen LogP contribution in [0.25, 0.3) is 0 Å². The number of rotatable bonds is 3. The molecule has 3 N–H and O–H groups in total. The molecular weight excluding hydrogens is 280 g/mol. The van der Waals surface area contributed by atoms with E-state index >= 15 is 0 Å². The third-order valence-corrected chi connectivity index (χ3v) is 3.89. The van der Waals surface area contributed by atoms with E-state index in [9.17, 15) is 4.79 Å². The first-order valence-corrected chi connectivity index (χ1v) is 7.71. The minimum Gasteiger partial charge on any atom is -0.497 e. The molecule has 1 aromatic rings. The summed E-state index contributed by atoms with van der Waals surface area (Å²) in [7, 11) is 1.60. The Labute approximate surface area is 132 Å². The van der Waals surface area contributed by atoms with Gasteiger partial charge in [-0.3, -0.25) is 5.32 Å². The van der Waals surface area contributed by atoms with Crippen molar-refractivity contribution in [1.82, 2.24) is 0 Å². The molecule has 1 amide bonds. The van der Waals surface area contributed by atoms with E-state index < -0.39 is 17.2 Å². The fourth-order valence-corrected chi connectivity index (χ4v) is 2.88. The van der Waals surface area contributed by atoms with E-state index in [4.69, 9.17) is 15.2 Å². The van der Waals surface area contributed by atoms with Crippen LogP contribution in [0.4, 0.5) is 10.5 Å². The summed E-state index contributed by atoms with van der Waals surface area (Å²) in [4.78, 5) is 12.1. The Hall–Kier alpha value is -1.75. The molecule has 5 heteroatoms. The van der Waals surface area contributed by atoms with Gasteiger partial charge in [-0.2, -0.15) is 0 Å². The van der Waals surface area contributed by atoms with E-state index in [1.165, 1.54) is 0 Å². The lowest BCUT2D eigenvalue weighted by Gasteiger charge is -2.28. The van der Waals surface area contributed by atoms with Crippen LogP contribution in [0.3, 0.4) is 0 Å². The largest absolute Gasteiger partial charge is 0.497 e. The van der Waals surface area contributed by atoms with Crippen LogP contribution < -0.4 is 15.8 Å². The topological polar surface area (TPSA) is 73.6 Å². The van der Waals surface area contributed by atoms with Crippen LogP contribution in [0, 0.1) is 0 Å². The average molecular weight is 306 g/mol. The predicted molar refractivity (Wildman–Crippen MR) is 87.2 cm³/mol. The molecule has 0 heterocycles. The summed E-state index contributed by atoms with van der Waals surface area (Å²) < 4.78 is 10.6. The number of anilines is 1. The lowest BCUT2D eigenvalue weighted by molar-refractivity contribution is 0.0635. The summed E-state index contributed by atoms with van der Waals surface area (Å²) in [5, 5.41) is 2.82. The Kier molecular flexibility index (Phi) is 4.66. The highest BCUT2D eigenvalue weighted by Crippen LogP contribution is 2.41. The molecule has 1 aliphatic carbocycles. The highest BCUT2D eigenvalue weighted by atomic mass is 16.6. The van der Waals surface area contributed by atoms with Gasteiger partial charge in [0.15, 0.2) is 0 Å². The van der Waals surface area contributed by atoms with Crippen molar-refractivity contribution in [3.63, 3.8) is 0 Å². The number of carbonyl (C=O) groups excluding carboxylic acids is 1. The maximum Gasteiger partial charge on any atom is 0.412 e. The third-order valence-electron chi connectivity index (χ3n) is 3.89. The fourth-order valence-electron chi connectivity index (χ4n) is 2.88. The molecule has 122 valence electrons. The van der Waals surface area contributed by atoms with Gasteiger partial charge in [-0.15, -0.1) is 0 Å². The summed E-state index contributed by atoms with van der Waals surface area (Å²) in [6.45, 7) is 5.50. The average Bonchev–Trinajstić information content (AvgIpc) is 2.84. The quantitative estimate of drug-likeness (QED) is 0.891. The molecule has 0 aromatic heterocycles. The Morgan fingerprint density at radius 3 is 2.45 bits per heavy atom. The van der Waals surface area contributed by atoms with Crippen molar-refractivity contribution in [2.75, 3.05) is 12.4 Å². The van der Waals surface area contributed by atoms with Gasteiger partial charge in [0, 0.05) is 11.6 Å². The smallest absolute Gasteiger partial charge is 0.412 e. The van der Waals surface area contributed by atoms with Gasteiger partial charge < -0.3 is 15.2 Å². The first-order chi connectivity index (χ1) is 10.2. The van der Waals surface area contributed by atoms with Crippen molar-refractivity contribution in [2.45, 2.75) is 57.6 Å². The maximum atomic E-state index is 12.1. The first kappa shape index (κ1) is 16.6. The zero-order chi connectivity index (χ0) is 16.4. The molecule has 0 radical (unpaired) electrons. The molecule has 0 spiro atoms. The second-order valence-electron chi connectivity index (χ2n) is 6.90. The van der Waals surface area contributed by atoms with E-state index in [-0.39, 0.29) is 0 Å². The Morgan fingerprint density at radius 1 is 1.27 bits per heavy atom. The van der Waals surface area contributed by atoms with E-state index in [1.807, 2.05) is 32.9 Å². The van der Waals surface area contributed by atoms with Crippen LogP contribution in [0.15, 0.2) is 18.2 Å². The molecule has 1 aliphatic rings. The molecule has 0 unspecified atom stereocenters. The summed E-state index contributed by atoms with van der Waals surface area (Å²) in [5.41, 5.74) is 7.21. The van der Waals surface area contributed by atoms with Crippen molar-refractivity contribution in [1.29, 1.82) is 0 Å². The molecule has 22 heavy (non-hydrogen) atoms. The number of benzene rings is 1. The van der Waals surface area contributed by atoms with Gasteiger partial charge in [0.25, 0.3) is 0 Å². The summed E-state index contributed by atoms with van der Waals surface area (Å²) in [5.74, 6) is 0.677. The van der Waals surface area contributed by atoms with Crippen molar-refractivity contribution >= 4 is 11.8 Å². The first-order valence-electron chi connectivity index (χ1n) is 7.71. The zero-order valence-corrected chi connectivity index (χ0v) is 13.9. The van der Waals surface area contributed by atoms with Gasteiger partial charge >= 0.3 is 6.09 Å². The molecule has 1 fully saturated rings. The van der Waals surface area contributed by atoms with E-state index in [2.05, 4.69) is 5.32 Å². The van der Waals surface area contributed by atoms with E-state index in [1.54, 1.807) is 13.2 Å². The summed E-state index contributed by atoms with van der Waals surface area (Å²) >= 11 is 0. The van der Waals surface area contributed by atoms with Crippen LogP contribution in [-0.4, -0.2) is 18.8 Å². The Morgan fingerprint density at radius 2 is 1.91 bits per heavy atom. The SMILES string of the molecule is COc1ccc(C2(N)CCCC2)c(NC(=O)OC(C)(C)C)c1. The second kappa shape index (κ2) is 6.16. The fraction of sp³-hybridized carbons (Fsp3) is 0.588. The van der Waals surface area contributed by atoms with Gasteiger partial charge in [0.2, 0.25) is 0 Å². The van der Waals surface area contributed by atoms with Crippen molar-refractivity contribution in [3.05, 3.63) is 23.8 Å². The maximum absolute atomic E-state index is 12.1. The van der Waals surface area contributed by atoms with Crippen molar-refractivity contribution in [3.8, 4) is 5.75 Å². The minimum atomic E-state index is -0.545. The minimum absolute atomic E-state index is 0.392. The molecule has 1 saturated carbocycles. The molecule has 1 aromatic carbocycles. The van der Waals surface area contributed by atoms with Crippen molar-refractivity contribution < 1.29 is 14.3 Å². The molecule has 0 atom stereocenters. The number of carbonyl (C=O) groups is 1. The van der Waals surface area contributed by atoms with Crippen molar-refractivity contribution in [2.24, 2.45) is 5.73 Å². The second-order valence-corrected chi connectivity index (χ2v) is 6.90. The monoisotopic (exact) mass is 306 g/mol. The highest BCUT2D eigenvalue weighted by molar-refractivity contribution is 5.86. The number of hydrogen-bond donors (Lipinski definition) is 2. The van der Waals surface area contributed by atoms with Gasteiger partial charge in [-0.1, -0.05) is 18.9 Å².